The summed E-state index contributed by atoms with van der Waals surface area (Å²) in [4.78, 5) is 4.49. The number of rotatable bonds is 5. The third-order valence-electron chi connectivity index (χ3n) is 4.19. The van der Waals surface area contributed by atoms with E-state index in [2.05, 4.69) is 44.0 Å². The van der Waals surface area contributed by atoms with E-state index in [1.54, 1.807) is 11.8 Å². The van der Waals surface area contributed by atoms with Gasteiger partial charge in [-0.1, -0.05) is 71.9 Å². The third-order valence-corrected chi connectivity index (χ3v) is 5.53. The largest absolute Gasteiger partial charge is 0.302 e. The fourth-order valence-corrected chi connectivity index (χ4v) is 4.04. The number of benzene rings is 2. The van der Waals surface area contributed by atoms with Crippen LogP contribution in [0.3, 0.4) is 0 Å². The fourth-order valence-electron chi connectivity index (χ4n) is 2.80. The molecule has 0 aliphatic heterocycles. The summed E-state index contributed by atoms with van der Waals surface area (Å²) in [5.74, 6) is 1.60. The van der Waals surface area contributed by atoms with Gasteiger partial charge in [0.1, 0.15) is 11.0 Å². The van der Waals surface area contributed by atoms with E-state index in [0.717, 1.165) is 34.0 Å². The minimum absolute atomic E-state index is 0.544. The molecule has 0 saturated carbocycles. The van der Waals surface area contributed by atoms with Gasteiger partial charge in [-0.25, -0.2) is 4.98 Å². The number of hydrogen-bond donors (Lipinski definition) is 0. The average molecular weight is 381 g/mol. The number of hydrogen-bond acceptors (Lipinski definition) is 4. The van der Waals surface area contributed by atoms with Crippen LogP contribution in [-0.2, 0) is 12.3 Å². The molecule has 4 rings (SSSR count). The first kappa shape index (κ1) is 17.1. The molecule has 26 heavy (non-hydrogen) atoms. The summed E-state index contributed by atoms with van der Waals surface area (Å²) in [6, 6.07) is 20.4. The molecule has 0 bridgehead atoms. The fraction of sp³-hybridized carbons (Fsp3) is 0.150. The van der Waals surface area contributed by atoms with E-state index in [0.29, 0.717) is 10.9 Å². The molecule has 0 aliphatic carbocycles. The average Bonchev–Trinajstić information content (AvgIpc) is 3.01. The van der Waals surface area contributed by atoms with Crippen molar-refractivity contribution in [2.24, 2.45) is 0 Å². The molecule has 0 fully saturated rings. The highest BCUT2D eigenvalue weighted by Crippen LogP contribution is 2.28. The Kier molecular flexibility index (Phi) is 4.91. The Hall–Kier alpha value is -2.37. The van der Waals surface area contributed by atoms with Crippen LogP contribution in [0.2, 0.25) is 5.15 Å². The van der Waals surface area contributed by atoms with Gasteiger partial charge in [0.2, 0.25) is 0 Å². The van der Waals surface area contributed by atoms with Gasteiger partial charge in [-0.15, -0.1) is 10.2 Å². The first-order valence-electron chi connectivity index (χ1n) is 8.31. The number of aromatic nitrogens is 4. The number of thioether (sulfide) groups is 1. The van der Waals surface area contributed by atoms with E-state index in [1.165, 1.54) is 5.56 Å². The predicted octanol–water partition coefficient (Wildman–Crippen LogP) is 5.13. The molecule has 2 aromatic heterocycles. The Morgan fingerprint density at radius 2 is 1.77 bits per heavy atom. The lowest BCUT2D eigenvalue weighted by atomic mass is 10.2. The Balaban J connectivity index is 1.56. The van der Waals surface area contributed by atoms with Crippen molar-refractivity contribution in [3.63, 3.8) is 0 Å². The molecule has 0 atom stereocenters. The summed E-state index contributed by atoms with van der Waals surface area (Å²) in [7, 11) is 0. The lowest BCUT2D eigenvalue weighted by molar-refractivity contribution is 0.688. The molecule has 0 saturated heterocycles. The highest BCUT2D eigenvalue weighted by atomic mass is 35.5. The van der Waals surface area contributed by atoms with Crippen molar-refractivity contribution in [1.29, 1.82) is 0 Å². The number of fused-ring (bicyclic) bond motifs is 1. The second-order valence-electron chi connectivity index (χ2n) is 6.02. The van der Waals surface area contributed by atoms with Crippen LogP contribution in [0.25, 0.3) is 10.9 Å². The van der Waals surface area contributed by atoms with Crippen LogP contribution in [0.15, 0.2) is 65.8 Å². The van der Waals surface area contributed by atoms with Crippen molar-refractivity contribution in [3.8, 4) is 0 Å². The van der Waals surface area contributed by atoms with Crippen LogP contribution < -0.4 is 0 Å². The van der Waals surface area contributed by atoms with Crippen LogP contribution in [0.1, 0.15) is 17.0 Å². The van der Waals surface area contributed by atoms with Gasteiger partial charge in [0, 0.05) is 16.7 Å². The maximum Gasteiger partial charge on any atom is 0.191 e. The molecule has 0 aliphatic rings. The second kappa shape index (κ2) is 7.48. The number of pyridine rings is 1. The van der Waals surface area contributed by atoms with E-state index in [9.17, 15) is 0 Å². The molecule has 130 valence electrons. The molecule has 0 amide bonds. The van der Waals surface area contributed by atoms with Crippen LogP contribution in [0, 0.1) is 6.92 Å². The minimum atomic E-state index is 0.544. The highest BCUT2D eigenvalue weighted by molar-refractivity contribution is 7.98. The molecule has 0 unspecified atom stereocenters. The first-order valence-corrected chi connectivity index (χ1v) is 9.68. The summed E-state index contributed by atoms with van der Waals surface area (Å²) >= 11 is 8.00. The Labute approximate surface area is 161 Å². The summed E-state index contributed by atoms with van der Waals surface area (Å²) in [5, 5.41) is 11.1. The maximum absolute atomic E-state index is 6.38. The summed E-state index contributed by atoms with van der Waals surface area (Å²) in [6.07, 6.45) is 0. The first-order chi connectivity index (χ1) is 12.7. The standard InChI is InChI=1S/C20H17ClN4S/c1-14-23-24-20(25(14)12-15-7-3-2-4-8-15)26-13-17-11-16-9-5-6-10-18(16)22-19(17)21/h2-11H,12-13H2,1H3. The molecular formula is C20H17ClN4S. The molecule has 2 aromatic carbocycles. The SMILES string of the molecule is Cc1nnc(SCc2cc3ccccc3nc2Cl)n1Cc1ccccc1. The lowest BCUT2D eigenvalue weighted by Crippen LogP contribution is -2.04. The van der Waals surface area contributed by atoms with Crippen molar-refractivity contribution >= 4 is 34.3 Å². The van der Waals surface area contributed by atoms with Gasteiger partial charge in [-0.3, -0.25) is 0 Å². The van der Waals surface area contributed by atoms with Crippen molar-refractivity contribution < 1.29 is 0 Å². The van der Waals surface area contributed by atoms with E-state index in [4.69, 9.17) is 11.6 Å². The van der Waals surface area contributed by atoms with Crippen molar-refractivity contribution in [2.75, 3.05) is 0 Å². The monoisotopic (exact) mass is 380 g/mol. The van der Waals surface area contributed by atoms with Crippen molar-refractivity contribution in [3.05, 3.63) is 82.8 Å². The smallest absolute Gasteiger partial charge is 0.191 e. The normalized spacial score (nSPS) is 11.2. The summed E-state index contributed by atoms with van der Waals surface area (Å²) in [5.41, 5.74) is 3.14. The van der Waals surface area contributed by atoms with Crippen LogP contribution >= 0.6 is 23.4 Å². The van der Waals surface area contributed by atoms with E-state index in [-0.39, 0.29) is 0 Å². The molecular weight excluding hydrogens is 364 g/mol. The zero-order chi connectivity index (χ0) is 17.9. The molecule has 0 radical (unpaired) electrons. The van der Waals surface area contributed by atoms with Gasteiger partial charge >= 0.3 is 0 Å². The van der Waals surface area contributed by atoms with E-state index < -0.39 is 0 Å². The van der Waals surface area contributed by atoms with E-state index in [1.807, 2.05) is 43.3 Å². The number of para-hydroxylation sites is 1. The van der Waals surface area contributed by atoms with Crippen LogP contribution in [0.4, 0.5) is 0 Å². The summed E-state index contributed by atoms with van der Waals surface area (Å²) in [6.45, 7) is 2.73. The number of nitrogens with zero attached hydrogens (tertiary/aromatic N) is 4. The molecule has 2 heterocycles. The van der Waals surface area contributed by atoms with Crippen molar-refractivity contribution in [1.82, 2.24) is 19.7 Å². The molecule has 4 nitrogen and oxygen atoms in total. The second-order valence-corrected chi connectivity index (χ2v) is 7.32. The lowest BCUT2D eigenvalue weighted by Gasteiger charge is -2.09. The van der Waals surface area contributed by atoms with Crippen molar-refractivity contribution in [2.45, 2.75) is 24.4 Å². The van der Waals surface area contributed by atoms with Crippen LogP contribution in [0.5, 0.6) is 0 Å². The van der Waals surface area contributed by atoms with Gasteiger partial charge in [0.15, 0.2) is 5.16 Å². The molecule has 4 aromatic rings. The third kappa shape index (κ3) is 3.59. The zero-order valence-electron chi connectivity index (χ0n) is 14.3. The van der Waals surface area contributed by atoms with Gasteiger partial charge in [-0.05, 0) is 24.6 Å². The van der Waals surface area contributed by atoms with Gasteiger partial charge < -0.3 is 4.57 Å². The number of halogens is 1. The van der Waals surface area contributed by atoms with E-state index >= 15 is 0 Å². The molecule has 6 heteroatoms. The zero-order valence-corrected chi connectivity index (χ0v) is 15.8. The minimum Gasteiger partial charge on any atom is -0.302 e. The molecule has 0 spiro atoms. The Bertz CT molecular complexity index is 1050. The topological polar surface area (TPSA) is 43.6 Å². The highest BCUT2D eigenvalue weighted by Gasteiger charge is 2.12. The quantitative estimate of drug-likeness (QED) is 0.355. The number of aryl methyl sites for hydroxylation is 1. The van der Waals surface area contributed by atoms with Crippen LogP contribution in [-0.4, -0.2) is 19.7 Å². The van der Waals surface area contributed by atoms with Gasteiger partial charge in [0.05, 0.1) is 12.1 Å². The Morgan fingerprint density at radius 3 is 2.62 bits per heavy atom. The Morgan fingerprint density at radius 1 is 1.00 bits per heavy atom. The maximum atomic E-state index is 6.38. The summed E-state index contributed by atoms with van der Waals surface area (Å²) < 4.78 is 2.13. The molecule has 0 N–H and O–H groups in total. The predicted molar refractivity (Wildman–Crippen MR) is 107 cm³/mol. The van der Waals surface area contributed by atoms with Gasteiger partial charge in [0.25, 0.3) is 0 Å². The van der Waals surface area contributed by atoms with Gasteiger partial charge in [-0.2, -0.15) is 0 Å².